The number of carbonyl (C=O) groups is 1. The summed E-state index contributed by atoms with van der Waals surface area (Å²) < 4.78 is 0. The predicted molar refractivity (Wildman–Crippen MR) is 76.1 cm³/mol. The van der Waals surface area contributed by atoms with Crippen LogP contribution in [0.5, 0.6) is 0 Å². The Kier molecular flexibility index (Phi) is 4.94. The third-order valence-corrected chi connectivity index (χ3v) is 4.20. The fourth-order valence-corrected chi connectivity index (χ4v) is 3.04. The molecule has 19 heavy (non-hydrogen) atoms. The molecule has 2 heterocycles. The van der Waals surface area contributed by atoms with Crippen molar-refractivity contribution in [3.05, 3.63) is 22.4 Å². The van der Waals surface area contributed by atoms with E-state index < -0.39 is 0 Å². The first-order valence-corrected chi connectivity index (χ1v) is 7.65. The number of hydrogen-bond donors (Lipinski definition) is 0. The van der Waals surface area contributed by atoms with Crippen molar-refractivity contribution >= 4 is 17.2 Å². The molecule has 0 saturated carbocycles. The summed E-state index contributed by atoms with van der Waals surface area (Å²) >= 11 is 1.55. The summed E-state index contributed by atoms with van der Waals surface area (Å²) in [6.45, 7) is 5.13. The number of thiophene rings is 1. The van der Waals surface area contributed by atoms with Crippen LogP contribution in [-0.4, -0.2) is 47.9 Å². The van der Waals surface area contributed by atoms with Crippen LogP contribution in [0.1, 0.15) is 30.1 Å². The Labute approximate surface area is 118 Å². The molecule has 0 bridgehead atoms. The molecule has 1 saturated heterocycles. The molecule has 0 radical (unpaired) electrons. The molecule has 1 aromatic heterocycles. The van der Waals surface area contributed by atoms with Gasteiger partial charge in [0, 0.05) is 31.6 Å². The molecule has 0 aliphatic carbocycles. The zero-order valence-corrected chi connectivity index (χ0v) is 12.0. The topological polar surface area (TPSA) is 47.3 Å². The second kappa shape index (κ2) is 6.69. The number of nitriles is 1. The lowest BCUT2D eigenvalue weighted by atomic mass is 10.1. The molecule has 1 amide bonds. The highest BCUT2D eigenvalue weighted by molar-refractivity contribution is 7.08. The van der Waals surface area contributed by atoms with E-state index in [0.717, 1.165) is 44.6 Å². The highest BCUT2D eigenvalue weighted by atomic mass is 32.1. The van der Waals surface area contributed by atoms with Crippen molar-refractivity contribution in [1.82, 2.24) is 9.80 Å². The molecule has 5 heteroatoms. The van der Waals surface area contributed by atoms with Gasteiger partial charge in [-0.2, -0.15) is 16.6 Å². The number of amides is 1. The van der Waals surface area contributed by atoms with E-state index in [-0.39, 0.29) is 11.9 Å². The van der Waals surface area contributed by atoms with Crippen LogP contribution in [0.3, 0.4) is 0 Å². The number of nitrogens with zero attached hydrogens (tertiary/aromatic N) is 3. The minimum Gasteiger partial charge on any atom is -0.336 e. The minimum absolute atomic E-state index is 0.00315. The summed E-state index contributed by atoms with van der Waals surface area (Å²) in [4.78, 5) is 16.3. The average molecular weight is 277 g/mol. The van der Waals surface area contributed by atoms with Crippen molar-refractivity contribution < 1.29 is 4.79 Å². The van der Waals surface area contributed by atoms with Gasteiger partial charge in [0.1, 0.15) is 0 Å². The van der Waals surface area contributed by atoms with Gasteiger partial charge in [-0.15, -0.1) is 0 Å². The molecule has 0 spiro atoms. The number of carbonyl (C=O) groups excluding carboxylic acids is 1. The molecule has 1 aliphatic rings. The van der Waals surface area contributed by atoms with Crippen LogP contribution in [0, 0.1) is 11.3 Å². The van der Waals surface area contributed by atoms with E-state index in [9.17, 15) is 4.79 Å². The Morgan fingerprint density at radius 3 is 2.74 bits per heavy atom. The Morgan fingerprint density at radius 1 is 1.47 bits per heavy atom. The van der Waals surface area contributed by atoms with E-state index in [0.29, 0.717) is 0 Å². The van der Waals surface area contributed by atoms with Crippen molar-refractivity contribution in [3.63, 3.8) is 0 Å². The monoisotopic (exact) mass is 277 g/mol. The van der Waals surface area contributed by atoms with Crippen LogP contribution < -0.4 is 0 Å². The number of rotatable bonds is 4. The van der Waals surface area contributed by atoms with Gasteiger partial charge in [0.25, 0.3) is 5.91 Å². The highest BCUT2D eigenvalue weighted by Crippen LogP contribution is 2.14. The first-order valence-electron chi connectivity index (χ1n) is 6.71. The standard InChI is InChI=1S/C14H19N3OS/c1-2-3-13(10-15)16-5-7-17(8-6-16)14(18)12-4-9-19-11-12/h4,9,11,13H,2-3,5-8H2,1H3. The third-order valence-electron chi connectivity index (χ3n) is 3.52. The normalized spacial score (nSPS) is 18.0. The maximum absolute atomic E-state index is 12.2. The quantitative estimate of drug-likeness (QED) is 0.847. The maximum atomic E-state index is 12.2. The molecule has 1 aromatic rings. The molecule has 2 rings (SSSR count). The SMILES string of the molecule is CCCC(C#N)N1CCN(C(=O)c2ccsc2)CC1. The van der Waals surface area contributed by atoms with Gasteiger partial charge in [-0.1, -0.05) is 13.3 Å². The maximum Gasteiger partial charge on any atom is 0.254 e. The minimum atomic E-state index is 0.00315. The van der Waals surface area contributed by atoms with Gasteiger partial charge in [-0.3, -0.25) is 9.69 Å². The molecular formula is C14H19N3OS. The van der Waals surface area contributed by atoms with Crippen LogP contribution in [0.25, 0.3) is 0 Å². The molecule has 4 nitrogen and oxygen atoms in total. The number of hydrogen-bond acceptors (Lipinski definition) is 4. The van der Waals surface area contributed by atoms with Crippen LogP contribution in [-0.2, 0) is 0 Å². The average Bonchev–Trinajstić information content (AvgIpc) is 2.98. The molecule has 0 aromatic carbocycles. The summed E-state index contributed by atoms with van der Waals surface area (Å²) in [7, 11) is 0. The van der Waals surface area contributed by atoms with E-state index in [2.05, 4.69) is 17.9 Å². The zero-order chi connectivity index (χ0) is 13.7. The fraction of sp³-hybridized carbons (Fsp3) is 0.571. The highest BCUT2D eigenvalue weighted by Gasteiger charge is 2.26. The predicted octanol–water partition coefficient (Wildman–Crippen LogP) is 2.20. The summed E-state index contributed by atoms with van der Waals surface area (Å²) in [6, 6.07) is 4.24. The first-order chi connectivity index (χ1) is 9.26. The molecule has 0 N–H and O–H groups in total. The lowest BCUT2D eigenvalue weighted by Crippen LogP contribution is -2.51. The van der Waals surface area contributed by atoms with Gasteiger partial charge >= 0.3 is 0 Å². The van der Waals surface area contributed by atoms with E-state index in [4.69, 9.17) is 5.26 Å². The van der Waals surface area contributed by atoms with Crippen LogP contribution in [0.2, 0.25) is 0 Å². The van der Waals surface area contributed by atoms with E-state index in [1.54, 1.807) is 11.3 Å². The molecule has 1 atom stereocenters. The van der Waals surface area contributed by atoms with Gasteiger partial charge in [0.05, 0.1) is 17.7 Å². The van der Waals surface area contributed by atoms with Crippen molar-refractivity contribution in [1.29, 1.82) is 5.26 Å². The Balaban J connectivity index is 1.89. The second-order valence-corrected chi connectivity index (χ2v) is 5.55. The summed E-state index contributed by atoms with van der Waals surface area (Å²) in [5.74, 6) is 0.116. The van der Waals surface area contributed by atoms with Crippen LogP contribution in [0.4, 0.5) is 0 Å². The van der Waals surface area contributed by atoms with Gasteiger partial charge in [0.15, 0.2) is 0 Å². The lowest BCUT2D eigenvalue weighted by molar-refractivity contribution is 0.0601. The summed E-state index contributed by atoms with van der Waals surface area (Å²) in [5, 5.41) is 13.0. The van der Waals surface area contributed by atoms with Crippen molar-refractivity contribution in [2.45, 2.75) is 25.8 Å². The van der Waals surface area contributed by atoms with E-state index in [1.165, 1.54) is 0 Å². The molecular weight excluding hydrogens is 258 g/mol. The molecule has 1 fully saturated rings. The van der Waals surface area contributed by atoms with E-state index >= 15 is 0 Å². The zero-order valence-electron chi connectivity index (χ0n) is 11.2. The summed E-state index contributed by atoms with van der Waals surface area (Å²) in [5.41, 5.74) is 0.781. The van der Waals surface area contributed by atoms with Crippen molar-refractivity contribution in [3.8, 4) is 6.07 Å². The van der Waals surface area contributed by atoms with Gasteiger partial charge in [-0.25, -0.2) is 0 Å². The summed E-state index contributed by atoms with van der Waals surface area (Å²) in [6.07, 6.45) is 1.93. The Hall–Kier alpha value is -1.38. The molecule has 1 aliphatic heterocycles. The van der Waals surface area contributed by atoms with Crippen LogP contribution in [0.15, 0.2) is 16.8 Å². The molecule has 102 valence electrons. The van der Waals surface area contributed by atoms with Gasteiger partial charge in [-0.05, 0) is 17.9 Å². The van der Waals surface area contributed by atoms with Gasteiger partial charge < -0.3 is 4.90 Å². The van der Waals surface area contributed by atoms with E-state index in [1.807, 2.05) is 21.7 Å². The first kappa shape index (κ1) is 14.0. The smallest absolute Gasteiger partial charge is 0.254 e. The number of piperazine rings is 1. The van der Waals surface area contributed by atoms with Gasteiger partial charge in [0.2, 0.25) is 0 Å². The Bertz CT molecular complexity index is 444. The second-order valence-electron chi connectivity index (χ2n) is 4.77. The third kappa shape index (κ3) is 3.34. The molecule has 1 unspecified atom stereocenters. The fourth-order valence-electron chi connectivity index (χ4n) is 2.41. The largest absolute Gasteiger partial charge is 0.336 e. The van der Waals surface area contributed by atoms with Crippen molar-refractivity contribution in [2.24, 2.45) is 0 Å². The lowest BCUT2D eigenvalue weighted by Gasteiger charge is -2.36. The Morgan fingerprint density at radius 2 is 2.21 bits per heavy atom. The van der Waals surface area contributed by atoms with Crippen LogP contribution >= 0.6 is 11.3 Å². The van der Waals surface area contributed by atoms with Crippen molar-refractivity contribution in [2.75, 3.05) is 26.2 Å².